The number of carbonyl (C=O) groups excluding carboxylic acids is 2. The molecule has 1 saturated heterocycles. The van der Waals surface area contributed by atoms with Gasteiger partial charge in [0, 0.05) is 31.2 Å². The summed E-state index contributed by atoms with van der Waals surface area (Å²) < 4.78 is 4.98. The number of ether oxygens (including phenoxy) is 1. The number of esters is 1. The van der Waals surface area contributed by atoms with E-state index in [1.165, 1.54) is 19.3 Å². The molecule has 1 aliphatic heterocycles. The van der Waals surface area contributed by atoms with Gasteiger partial charge in [-0.05, 0) is 44.7 Å². The molecule has 0 bridgehead atoms. The fraction of sp³-hybridized carbons (Fsp3) is 0.650. The van der Waals surface area contributed by atoms with E-state index in [2.05, 4.69) is 15.2 Å². The van der Waals surface area contributed by atoms with Crippen LogP contribution in [0.3, 0.4) is 0 Å². The molecule has 2 heterocycles. The molecule has 2 aliphatic rings. The molecule has 1 saturated carbocycles. The van der Waals surface area contributed by atoms with Crippen molar-refractivity contribution in [3.8, 4) is 0 Å². The Kier molecular flexibility index (Phi) is 6.47. The normalized spacial score (nSPS) is 19.2. The summed E-state index contributed by atoms with van der Waals surface area (Å²) >= 11 is 0. The Bertz CT molecular complexity index is 603. The van der Waals surface area contributed by atoms with Gasteiger partial charge in [0.05, 0.1) is 12.2 Å². The minimum Gasteiger partial charge on any atom is -0.462 e. The van der Waals surface area contributed by atoms with Crippen LogP contribution >= 0.6 is 0 Å². The number of pyridine rings is 1. The van der Waals surface area contributed by atoms with Crippen LogP contribution in [-0.2, 0) is 9.53 Å². The van der Waals surface area contributed by atoms with E-state index in [0.717, 1.165) is 44.6 Å². The van der Waals surface area contributed by atoms with Crippen molar-refractivity contribution in [1.82, 2.24) is 10.3 Å². The number of amides is 1. The number of nitrogens with zero attached hydrogens (tertiary/aromatic N) is 2. The first-order chi connectivity index (χ1) is 12.7. The first-order valence-electron chi connectivity index (χ1n) is 9.86. The maximum absolute atomic E-state index is 12.4. The SMILES string of the molecule is CCOC(=O)c1ccc(N2CCC(NC(=O)C3CCCCC3)CC2)nc1. The fourth-order valence-electron chi connectivity index (χ4n) is 3.85. The van der Waals surface area contributed by atoms with Gasteiger partial charge in [0.2, 0.25) is 5.91 Å². The van der Waals surface area contributed by atoms with Crippen molar-refractivity contribution in [3.05, 3.63) is 23.9 Å². The average molecular weight is 359 g/mol. The van der Waals surface area contributed by atoms with E-state index in [1.807, 2.05) is 6.07 Å². The summed E-state index contributed by atoms with van der Waals surface area (Å²) in [5.74, 6) is 1.00. The number of aromatic nitrogens is 1. The number of piperidine rings is 1. The molecule has 26 heavy (non-hydrogen) atoms. The van der Waals surface area contributed by atoms with Gasteiger partial charge < -0.3 is 15.0 Å². The first-order valence-corrected chi connectivity index (χ1v) is 9.86. The highest BCUT2D eigenvalue weighted by molar-refractivity contribution is 5.89. The molecule has 2 fully saturated rings. The van der Waals surface area contributed by atoms with Crippen LogP contribution in [0.1, 0.15) is 62.2 Å². The van der Waals surface area contributed by atoms with Crippen LogP contribution in [0.2, 0.25) is 0 Å². The third-order valence-corrected chi connectivity index (χ3v) is 5.40. The van der Waals surface area contributed by atoms with Gasteiger partial charge in [-0.1, -0.05) is 19.3 Å². The predicted molar refractivity (Wildman–Crippen MR) is 100 cm³/mol. The predicted octanol–water partition coefficient (Wildman–Crippen LogP) is 2.92. The van der Waals surface area contributed by atoms with E-state index in [-0.39, 0.29) is 23.8 Å². The lowest BCUT2D eigenvalue weighted by atomic mass is 9.88. The van der Waals surface area contributed by atoms with E-state index < -0.39 is 0 Å². The van der Waals surface area contributed by atoms with Crippen molar-refractivity contribution in [1.29, 1.82) is 0 Å². The molecule has 0 spiro atoms. The molecule has 1 aliphatic carbocycles. The second-order valence-corrected chi connectivity index (χ2v) is 7.23. The van der Waals surface area contributed by atoms with E-state index in [1.54, 1.807) is 19.2 Å². The molecule has 1 amide bonds. The van der Waals surface area contributed by atoms with E-state index >= 15 is 0 Å². The Labute approximate surface area is 155 Å². The van der Waals surface area contributed by atoms with Crippen LogP contribution in [-0.4, -0.2) is 42.6 Å². The monoisotopic (exact) mass is 359 g/mol. The van der Waals surface area contributed by atoms with Gasteiger partial charge in [0.15, 0.2) is 0 Å². The molecule has 1 aromatic rings. The van der Waals surface area contributed by atoms with Crippen LogP contribution in [0, 0.1) is 5.92 Å². The molecule has 0 radical (unpaired) electrons. The van der Waals surface area contributed by atoms with Crippen LogP contribution in [0.5, 0.6) is 0 Å². The van der Waals surface area contributed by atoms with Gasteiger partial charge in [0.25, 0.3) is 0 Å². The Morgan fingerprint density at radius 1 is 1.15 bits per heavy atom. The molecule has 1 N–H and O–H groups in total. The largest absolute Gasteiger partial charge is 0.462 e. The van der Waals surface area contributed by atoms with Gasteiger partial charge >= 0.3 is 5.97 Å². The Balaban J connectivity index is 1.47. The molecule has 142 valence electrons. The molecule has 0 aromatic carbocycles. The summed E-state index contributed by atoms with van der Waals surface area (Å²) in [4.78, 5) is 30.7. The highest BCUT2D eigenvalue weighted by Crippen LogP contribution is 2.24. The first kappa shape index (κ1) is 18.7. The third-order valence-electron chi connectivity index (χ3n) is 5.40. The average Bonchev–Trinajstić information content (AvgIpc) is 2.69. The van der Waals surface area contributed by atoms with Gasteiger partial charge in [-0.15, -0.1) is 0 Å². The van der Waals surface area contributed by atoms with Crippen LogP contribution in [0.25, 0.3) is 0 Å². The topological polar surface area (TPSA) is 71.5 Å². The van der Waals surface area contributed by atoms with Crippen molar-refractivity contribution >= 4 is 17.7 Å². The van der Waals surface area contributed by atoms with Crippen LogP contribution < -0.4 is 10.2 Å². The van der Waals surface area contributed by atoms with Crippen LogP contribution in [0.4, 0.5) is 5.82 Å². The lowest BCUT2D eigenvalue weighted by Gasteiger charge is -2.34. The second kappa shape index (κ2) is 9.01. The minimum atomic E-state index is -0.337. The number of anilines is 1. The lowest BCUT2D eigenvalue weighted by Crippen LogP contribution is -2.46. The number of nitrogens with one attached hydrogen (secondary N) is 1. The molecule has 6 nitrogen and oxygen atoms in total. The van der Waals surface area contributed by atoms with Crippen LogP contribution in [0.15, 0.2) is 18.3 Å². The molecule has 3 rings (SSSR count). The zero-order valence-electron chi connectivity index (χ0n) is 15.6. The van der Waals surface area contributed by atoms with Gasteiger partial charge in [-0.25, -0.2) is 9.78 Å². The van der Waals surface area contributed by atoms with E-state index in [9.17, 15) is 9.59 Å². The summed E-state index contributed by atoms with van der Waals surface area (Å²) in [6, 6.07) is 3.89. The summed E-state index contributed by atoms with van der Waals surface area (Å²) in [6.45, 7) is 3.88. The molecule has 1 aromatic heterocycles. The summed E-state index contributed by atoms with van der Waals surface area (Å²) in [5, 5.41) is 3.25. The molecular formula is C20H29N3O3. The maximum atomic E-state index is 12.4. The van der Waals surface area contributed by atoms with Crippen molar-refractivity contribution in [2.45, 2.75) is 57.9 Å². The van der Waals surface area contributed by atoms with Crippen molar-refractivity contribution in [2.75, 3.05) is 24.6 Å². The zero-order valence-corrected chi connectivity index (χ0v) is 15.6. The van der Waals surface area contributed by atoms with Crippen molar-refractivity contribution < 1.29 is 14.3 Å². The summed E-state index contributed by atoms with van der Waals surface area (Å²) in [5.41, 5.74) is 0.477. The highest BCUT2D eigenvalue weighted by atomic mass is 16.5. The van der Waals surface area contributed by atoms with Gasteiger partial charge in [-0.3, -0.25) is 4.79 Å². The Morgan fingerprint density at radius 2 is 1.88 bits per heavy atom. The molecular weight excluding hydrogens is 330 g/mol. The minimum absolute atomic E-state index is 0.221. The Hall–Kier alpha value is -2.11. The summed E-state index contributed by atoms with van der Waals surface area (Å²) in [6.07, 6.45) is 9.16. The number of hydrogen-bond acceptors (Lipinski definition) is 5. The molecule has 6 heteroatoms. The molecule has 0 unspecified atom stereocenters. The van der Waals surface area contributed by atoms with Crippen molar-refractivity contribution in [2.24, 2.45) is 5.92 Å². The number of hydrogen-bond donors (Lipinski definition) is 1. The number of rotatable bonds is 5. The lowest BCUT2D eigenvalue weighted by molar-refractivity contribution is -0.126. The Morgan fingerprint density at radius 3 is 2.50 bits per heavy atom. The maximum Gasteiger partial charge on any atom is 0.339 e. The highest BCUT2D eigenvalue weighted by Gasteiger charge is 2.26. The number of carbonyl (C=O) groups is 2. The van der Waals surface area contributed by atoms with E-state index in [4.69, 9.17) is 4.74 Å². The third kappa shape index (κ3) is 4.74. The van der Waals surface area contributed by atoms with Gasteiger partial charge in [-0.2, -0.15) is 0 Å². The second-order valence-electron chi connectivity index (χ2n) is 7.23. The fourth-order valence-corrected chi connectivity index (χ4v) is 3.85. The molecule has 0 atom stereocenters. The van der Waals surface area contributed by atoms with Crippen molar-refractivity contribution in [3.63, 3.8) is 0 Å². The standard InChI is InChI=1S/C20H29N3O3/c1-2-26-20(25)16-8-9-18(21-14-16)23-12-10-17(11-13-23)22-19(24)15-6-4-3-5-7-15/h8-9,14-15,17H,2-7,10-13H2,1H3,(H,22,24). The summed E-state index contributed by atoms with van der Waals surface area (Å²) in [7, 11) is 0. The smallest absolute Gasteiger partial charge is 0.339 e. The zero-order chi connectivity index (χ0) is 18.4. The van der Waals surface area contributed by atoms with Gasteiger partial charge in [0.1, 0.15) is 5.82 Å². The van der Waals surface area contributed by atoms with E-state index in [0.29, 0.717) is 12.2 Å². The quantitative estimate of drug-likeness (QED) is 0.819.